The van der Waals surface area contributed by atoms with E-state index in [0.717, 1.165) is 49.0 Å². The average Bonchev–Trinajstić information content (AvgIpc) is 3.24. The maximum Gasteiger partial charge on any atom is 0.230 e. The number of methoxy groups -OCH3 is 1. The molecule has 1 aliphatic rings. The minimum Gasteiger partial charge on any atom is -0.495 e. The number of amides is 1. The van der Waals surface area contributed by atoms with E-state index in [1.165, 1.54) is 5.56 Å². The van der Waals surface area contributed by atoms with Crippen LogP contribution in [-0.2, 0) is 17.8 Å². The van der Waals surface area contributed by atoms with E-state index in [2.05, 4.69) is 46.4 Å². The number of carbonyl (C=O) groups excluding carboxylic acids is 1. The van der Waals surface area contributed by atoms with Crippen molar-refractivity contribution in [1.82, 2.24) is 14.8 Å². The number of ether oxygens (including phenoxy) is 1. The average molecular weight is 471 g/mol. The summed E-state index contributed by atoms with van der Waals surface area (Å²) >= 11 is 7.61. The van der Waals surface area contributed by atoms with E-state index < -0.39 is 0 Å². The number of aromatic nitrogens is 1. The smallest absolute Gasteiger partial charge is 0.230 e. The molecule has 0 radical (unpaired) electrons. The minimum atomic E-state index is -0.161. The zero-order valence-electron chi connectivity index (χ0n) is 18.3. The van der Waals surface area contributed by atoms with Crippen LogP contribution in [0.1, 0.15) is 11.3 Å². The summed E-state index contributed by atoms with van der Waals surface area (Å²) in [6.45, 7) is 5.35. The molecule has 1 amide bonds. The lowest BCUT2D eigenvalue weighted by Crippen LogP contribution is -2.43. The third-order valence-corrected chi connectivity index (χ3v) is 6.68. The zero-order chi connectivity index (χ0) is 22.5. The highest BCUT2D eigenvalue weighted by atomic mass is 35.5. The molecule has 0 spiro atoms. The number of carbonyl (C=O) groups is 1. The predicted molar refractivity (Wildman–Crippen MR) is 131 cm³/mol. The molecule has 0 unspecified atom stereocenters. The largest absolute Gasteiger partial charge is 0.495 e. The number of halogens is 1. The van der Waals surface area contributed by atoms with Crippen LogP contribution >= 0.6 is 22.9 Å². The molecule has 168 valence electrons. The Kier molecular flexibility index (Phi) is 7.42. The number of hydrogen-bond acceptors (Lipinski definition) is 6. The Hall–Kier alpha value is -2.45. The fourth-order valence-electron chi connectivity index (χ4n) is 3.72. The molecule has 6 nitrogen and oxygen atoms in total. The van der Waals surface area contributed by atoms with Crippen LogP contribution in [0.15, 0.2) is 47.8 Å². The number of anilines is 1. The van der Waals surface area contributed by atoms with Crippen molar-refractivity contribution >= 4 is 34.5 Å². The number of benzene rings is 2. The van der Waals surface area contributed by atoms with Crippen LogP contribution in [0.25, 0.3) is 10.6 Å². The Labute approximate surface area is 197 Å². The second-order valence-corrected chi connectivity index (χ2v) is 9.29. The molecule has 0 atom stereocenters. The van der Waals surface area contributed by atoms with Gasteiger partial charge in [-0.3, -0.25) is 9.69 Å². The van der Waals surface area contributed by atoms with Gasteiger partial charge in [-0.15, -0.1) is 11.3 Å². The third-order valence-electron chi connectivity index (χ3n) is 5.51. The van der Waals surface area contributed by atoms with Crippen LogP contribution in [-0.4, -0.2) is 61.0 Å². The Morgan fingerprint density at radius 2 is 2.00 bits per heavy atom. The van der Waals surface area contributed by atoms with Gasteiger partial charge in [-0.05, 0) is 36.9 Å². The summed E-state index contributed by atoms with van der Waals surface area (Å²) in [6, 6.07) is 13.7. The van der Waals surface area contributed by atoms with Crippen LogP contribution in [0.5, 0.6) is 5.75 Å². The number of thiazole rings is 1. The molecule has 2 aromatic carbocycles. The van der Waals surface area contributed by atoms with Gasteiger partial charge in [0, 0.05) is 48.7 Å². The Morgan fingerprint density at radius 1 is 1.19 bits per heavy atom. The molecule has 1 fully saturated rings. The molecular weight excluding hydrogens is 444 g/mol. The molecule has 8 heteroatoms. The quantitative estimate of drug-likeness (QED) is 0.554. The van der Waals surface area contributed by atoms with Gasteiger partial charge in [-0.25, -0.2) is 4.98 Å². The molecule has 0 bridgehead atoms. The summed E-state index contributed by atoms with van der Waals surface area (Å²) in [7, 11) is 3.73. The molecule has 1 saturated heterocycles. The van der Waals surface area contributed by atoms with Gasteiger partial charge in [-0.1, -0.05) is 29.8 Å². The van der Waals surface area contributed by atoms with Crippen molar-refractivity contribution in [3.8, 4) is 16.3 Å². The van der Waals surface area contributed by atoms with Crippen molar-refractivity contribution in [3.05, 3.63) is 64.1 Å². The number of hydrogen-bond donors (Lipinski definition) is 1. The number of likely N-dealkylation sites (N-methyl/N-ethyl adjacent to an activating group) is 1. The first-order valence-electron chi connectivity index (χ1n) is 10.6. The van der Waals surface area contributed by atoms with Gasteiger partial charge in [0.2, 0.25) is 5.91 Å². The first-order chi connectivity index (χ1) is 15.5. The van der Waals surface area contributed by atoms with E-state index >= 15 is 0 Å². The molecule has 1 aromatic heterocycles. The molecule has 0 aliphatic carbocycles. The number of piperazine rings is 1. The highest BCUT2D eigenvalue weighted by molar-refractivity contribution is 7.13. The van der Waals surface area contributed by atoms with E-state index in [9.17, 15) is 4.79 Å². The Morgan fingerprint density at radius 3 is 2.78 bits per heavy atom. The van der Waals surface area contributed by atoms with Crippen molar-refractivity contribution < 1.29 is 9.53 Å². The highest BCUT2D eigenvalue weighted by Gasteiger charge is 2.15. The molecular formula is C24H27ClN4O2S. The van der Waals surface area contributed by atoms with Crippen LogP contribution in [0, 0.1) is 0 Å². The SMILES string of the molecule is COc1ccc(Cl)cc1NC(=O)Cc1csc(-c2cccc(CN3CCN(C)CC3)c2)n1. The van der Waals surface area contributed by atoms with Crippen molar-refractivity contribution in [3.63, 3.8) is 0 Å². The summed E-state index contributed by atoms with van der Waals surface area (Å²) in [5.74, 6) is 0.408. The fraction of sp³-hybridized carbons (Fsp3) is 0.333. The van der Waals surface area contributed by atoms with E-state index in [1.54, 1.807) is 36.6 Å². The van der Waals surface area contributed by atoms with Crippen molar-refractivity contribution in [2.24, 2.45) is 0 Å². The second-order valence-electron chi connectivity index (χ2n) is 7.99. The van der Waals surface area contributed by atoms with Gasteiger partial charge in [0.25, 0.3) is 0 Å². The summed E-state index contributed by atoms with van der Waals surface area (Å²) in [6.07, 6.45) is 0.188. The highest BCUT2D eigenvalue weighted by Crippen LogP contribution is 2.28. The van der Waals surface area contributed by atoms with Gasteiger partial charge in [0.1, 0.15) is 10.8 Å². The third kappa shape index (κ3) is 5.86. The van der Waals surface area contributed by atoms with Crippen LogP contribution in [0.2, 0.25) is 5.02 Å². The van der Waals surface area contributed by atoms with Gasteiger partial charge in [-0.2, -0.15) is 0 Å². The van der Waals surface area contributed by atoms with E-state index in [0.29, 0.717) is 16.5 Å². The Balaban J connectivity index is 1.39. The van der Waals surface area contributed by atoms with Gasteiger partial charge in [0.15, 0.2) is 0 Å². The summed E-state index contributed by atoms with van der Waals surface area (Å²) in [5.41, 5.74) is 3.67. The van der Waals surface area contributed by atoms with Crippen molar-refractivity contribution in [1.29, 1.82) is 0 Å². The second kappa shape index (κ2) is 10.4. The van der Waals surface area contributed by atoms with Gasteiger partial charge >= 0.3 is 0 Å². The predicted octanol–water partition coefficient (Wildman–Crippen LogP) is 4.40. The topological polar surface area (TPSA) is 57.7 Å². The van der Waals surface area contributed by atoms with Gasteiger partial charge < -0.3 is 15.0 Å². The lowest BCUT2D eigenvalue weighted by atomic mass is 10.1. The molecule has 1 aliphatic heterocycles. The maximum atomic E-state index is 12.6. The van der Waals surface area contributed by atoms with Gasteiger partial charge in [0.05, 0.1) is 24.9 Å². The monoisotopic (exact) mass is 470 g/mol. The zero-order valence-corrected chi connectivity index (χ0v) is 19.9. The minimum absolute atomic E-state index is 0.161. The molecule has 3 aromatic rings. The van der Waals surface area contributed by atoms with Crippen LogP contribution in [0.4, 0.5) is 5.69 Å². The van der Waals surface area contributed by atoms with Crippen LogP contribution < -0.4 is 10.1 Å². The standard InChI is InChI=1S/C24H27ClN4O2S/c1-28-8-10-29(11-9-28)15-17-4-3-5-18(12-17)24-26-20(16-32-24)14-23(30)27-21-13-19(25)6-7-22(21)31-2/h3-7,12-13,16H,8-11,14-15H2,1-2H3,(H,27,30). The molecule has 4 rings (SSSR count). The molecule has 0 saturated carbocycles. The summed E-state index contributed by atoms with van der Waals surface area (Å²) in [4.78, 5) is 22.1. The lowest BCUT2D eigenvalue weighted by Gasteiger charge is -2.32. The number of nitrogens with zero attached hydrogens (tertiary/aromatic N) is 3. The lowest BCUT2D eigenvalue weighted by molar-refractivity contribution is -0.115. The maximum absolute atomic E-state index is 12.6. The molecule has 32 heavy (non-hydrogen) atoms. The van der Waals surface area contributed by atoms with Crippen LogP contribution in [0.3, 0.4) is 0 Å². The fourth-order valence-corrected chi connectivity index (χ4v) is 4.71. The summed E-state index contributed by atoms with van der Waals surface area (Å²) < 4.78 is 5.29. The molecule has 1 N–H and O–H groups in total. The van der Waals surface area contributed by atoms with E-state index in [4.69, 9.17) is 21.3 Å². The number of rotatable bonds is 7. The normalized spacial score (nSPS) is 15.0. The van der Waals surface area contributed by atoms with E-state index in [1.807, 2.05) is 5.38 Å². The summed E-state index contributed by atoms with van der Waals surface area (Å²) in [5, 5.41) is 6.27. The molecule has 2 heterocycles. The van der Waals surface area contributed by atoms with E-state index in [-0.39, 0.29) is 12.3 Å². The van der Waals surface area contributed by atoms with Crippen molar-refractivity contribution in [2.45, 2.75) is 13.0 Å². The number of nitrogens with one attached hydrogen (secondary N) is 1. The first kappa shape index (κ1) is 22.7. The Bertz CT molecular complexity index is 1080. The van der Waals surface area contributed by atoms with Crippen molar-refractivity contribution in [2.75, 3.05) is 45.7 Å². The first-order valence-corrected chi connectivity index (χ1v) is 11.8.